The van der Waals surface area contributed by atoms with Gasteiger partial charge in [0.05, 0.1) is 38.0 Å². The fraction of sp³-hybridized carbons (Fsp3) is 0.400. The normalized spacial score (nSPS) is 15.4. The second-order valence-electron chi connectivity index (χ2n) is 17.2. The van der Waals surface area contributed by atoms with E-state index in [4.69, 9.17) is 15.9 Å². The molecular weight excluding hydrogens is 1050 g/mol. The number of benzene rings is 4. The number of aromatic amines is 1. The number of aryl methyl sites for hydroxylation is 4. The fourth-order valence-electron chi connectivity index (χ4n) is 7.29. The number of hydrogen-bond donors (Lipinski definition) is 5. The molecule has 4 aliphatic rings. The SMILES string of the molecule is CO.Cc1ccc(C(=O)O)c(Br)c1.Cc1ccc(C(N)=O)c(Br)c1.Cc1ccc2c(=O)[nH]sc2c1.Cc1ccc2c(=O)n(CN3CCN(C(=O)C4CC4)CC3)sc2c1.O=C(C1CC1)N1CCNCC1. The van der Waals surface area contributed by atoms with Crippen LogP contribution in [0.1, 0.15) is 68.7 Å². The second-order valence-corrected chi connectivity index (χ2v) is 20.8. The number of carboxylic acid groups (broad SMARTS) is 1. The van der Waals surface area contributed by atoms with Crippen molar-refractivity contribution in [2.45, 2.75) is 60.0 Å². The lowest BCUT2D eigenvalue weighted by atomic mass is 10.1. The molecule has 15 nitrogen and oxygen atoms in total. The molecule has 0 unspecified atom stereocenters. The molecule has 3 amide bonds. The van der Waals surface area contributed by atoms with E-state index in [1.54, 1.807) is 24.3 Å². The van der Waals surface area contributed by atoms with Crippen molar-refractivity contribution in [1.82, 2.24) is 28.3 Å². The Kier molecular flexibility index (Phi) is 20.9. The first-order chi connectivity index (χ1) is 33.0. The van der Waals surface area contributed by atoms with Gasteiger partial charge in [0, 0.05) is 80.2 Å². The van der Waals surface area contributed by atoms with E-state index >= 15 is 0 Å². The summed E-state index contributed by atoms with van der Waals surface area (Å²) in [5.41, 5.74) is 10.5. The van der Waals surface area contributed by atoms with Crippen LogP contribution in [-0.2, 0) is 16.3 Å². The molecular formula is C50H61Br2N7O8S2. The Morgan fingerprint density at radius 1 is 0.652 bits per heavy atom. The third-order valence-corrected chi connectivity index (χ3v) is 14.7. The van der Waals surface area contributed by atoms with Crippen molar-refractivity contribution in [3.8, 4) is 0 Å². The van der Waals surface area contributed by atoms with E-state index in [2.05, 4.69) is 52.5 Å². The maximum atomic E-state index is 12.5. The van der Waals surface area contributed by atoms with Crippen LogP contribution in [0.25, 0.3) is 20.2 Å². The molecule has 2 saturated heterocycles. The fourth-order valence-corrected chi connectivity index (χ4v) is 10.6. The lowest BCUT2D eigenvalue weighted by Gasteiger charge is -2.34. The first-order valence-corrected chi connectivity index (χ1v) is 25.9. The van der Waals surface area contributed by atoms with Gasteiger partial charge in [-0.05, 0) is 156 Å². The Morgan fingerprint density at radius 2 is 1.12 bits per heavy atom. The van der Waals surface area contributed by atoms with Crippen LogP contribution < -0.4 is 22.2 Å². The topological polar surface area (TPSA) is 211 Å². The van der Waals surface area contributed by atoms with Gasteiger partial charge in [-0.25, -0.2) is 8.75 Å². The van der Waals surface area contributed by atoms with E-state index in [0.29, 0.717) is 45.9 Å². The predicted octanol–water partition coefficient (Wildman–Crippen LogP) is 7.53. The molecule has 4 aromatic carbocycles. The Morgan fingerprint density at radius 3 is 1.61 bits per heavy atom. The lowest BCUT2D eigenvalue weighted by molar-refractivity contribution is -0.134. The van der Waals surface area contributed by atoms with E-state index < -0.39 is 11.9 Å². The molecule has 2 aliphatic carbocycles. The van der Waals surface area contributed by atoms with Crippen LogP contribution in [0.2, 0.25) is 0 Å². The lowest BCUT2D eigenvalue weighted by Crippen LogP contribution is -2.49. The molecule has 2 aliphatic heterocycles. The van der Waals surface area contributed by atoms with E-state index in [1.807, 2.05) is 83.9 Å². The van der Waals surface area contributed by atoms with Gasteiger partial charge in [-0.15, -0.1) is 0 Å². The van der Waals surface area contributed by atoms with Crippen molar-refractivity contribution in [3.05, 3.63) is 136 Å². The number of rotatable bonds is 6. The van der Waals surface area contributed by atoms with Crippen LogP contribution in [0.3, 0.4) is 0 Å². The van der Waals surface area contributed by atoms with Gasteiger partial charge in [0.25, 0.3) is 11.1 Å². The number of hydrogen-bond acceptors (Lipinski definition) is 11. The Labute approximate surface area is 426 Å². The summed E-state index contributed by atoms with van der Waals surface area (Å²) in [6.07, 6.45) is 4.39. The number of primary amides is 1. The summed E-state index contributed by atoms with van der Waals surface area (Å²) >= 11 is 9.34. The average molecular weight is 1110 g/mol. The van der Waals surface area contributed by atoms with Crippen LogP contribution in [-0.4, -0.2) is 116 Å². The van der Waals surface area contributed by atoms with Gasteiger partial charge in [0.15, 0.2) is 0 Å². The van der Waals surface area contributed by atoms with E-state index in [9.17, 15) is 28.8 Å². The zero-order valence-electron chi connectivity index (χ0n) is 39.6. The van der Waals surface area contributed by atoms with Gasteiger partial charge in [-0.2, -0.15) is 0 Å². The van der Waals surface area contributed by atoms with Gasteiger partial charge in [-0.3, -0.25) is 33.2 Å². The predicted molar refractivity (Wildman–Crippen MR) is 282 cm³/mol. The zero-order valence-corrected chi connectivity index (χ0v) is 44.4. The Balaban J connectivity index is 0.000000167. The third kappa shape index (κ3) is 16.3. The van der Waals surface area contributed by atoms with E-state index in [0.717, 1.165) is 121 Å². The van der Waals surface area contributed by atoms with Crippen molar-refractivity contribution in [3.63, 3.8) is 0 Å². The van der Waals surface area contributed by atoms with Crippen molar-refractivity contribution >= 4 is 98.8 Å². The number of aromatic nitrogens is 2. The van der Waals surface area contributed by atoms with Gasteiger partial charge in [0.1, 0.15) is 0 Å². The average Bonchev–Trinajstić information content (AvgIpc) is 4.28. The number of aliphatic hydroxyl groups is 1. The van der Waals surface area contributed by atoms with E-state index in [1.165, 1.54) is 34.2 Å². The molecule has 370 valence electrons. The molecule has 0 atom stereocenters. The maximum Gasteiger partial charge on any atom is 0.336 e. The number of carbonyl (C=O) groups is 4. The minimum atomic E-state index is -0.906. The van der Waals surface area contributed by atoms with Gasteiger partial charge in [-0.1, -0.05) is 47.3 Å². The number of amides is 3. The molecule has 0 spiro atoms. The standard InChI is InChI=1S/C17H21N3O2S.C8H8BrNO.C8H7BrO2.C8H14N2O.C8H7NOS.CH4O/c1-12-2-5-14-15(10-12)23-20(17(14)22)11-18-6-8-19(9-7-18)16(21)13-3-4-13;2*1-5-2-3-6(8(10)11)7(9)4-5;11-8(7-1-2-7)10-5-3-9-4-6-10;1-5-2-3-6-7(4-5)11-9-8(6)10;1-2/h2,5,10,13H,3-4,6-9,11H2,1H3;2-4H,1H3,(H2,10,11);2-4H,1H3,(H,10,11);7,9H,1-6H2;2-4H,1H3,(H,9,10);2H,1H3. The summed E-state index contributed by atoms with van der Waals surface area (Å²) in [6.45, 7) is 15.6. The molecule has 6 N–H and O–H groups in total. The number of halogens is 2. The second kappa shape index (κ2) is 26.3. The molecule has 69 heavy (non-hydrogen) atoms. The molecule has 4 fully saturated rings. The first kappa shape index (κ1) is 54.9. The maximum absolute atomic E-state index is 12.5. The molecule has 2 saturated carbocycles. The van der Waals surface area contributed by atoms with Crippen molar-refractivity contribution in [2.24, 2.45) is 17.6 Å². The number of fused-ring (bicyclic) bond motifs is 2. The summed E-state index contributed by atoms with van der Waals surface area (Å²) < 4.78 is 8.00. The molecule has 10 rings (SSSR count). The summed E-state index contributed by atoms with van der Waals surface area (Å²) in [4.78, 5) is 74.5. The first-order valence-electron chi connectivity index (χ1n) is 22.7. The minimum absolute atomic E-state index is 0.0185. The Bertz CT molecular complexity index is 2780. The van der Waals surface area contributed by atoms with Gasteiger partial charge in [0.2, 0.25) is 17.7 Å². The van der Waals surface area contributed by atoms with Crippen LogP contribution in [0.5, 0.6) is 0 Å². The van der Waals surface area contributed by atoms with Gasteiger partial charge >= 0.3 is 5.97 Å². The highest BCUT2D eigenvalue weighted by atomic mass is 79.9. The summed E-state index contributed by atoms with van der Waals surface area (Å²) in [6, 6.07) is 22.4. The highest BCUT2D eigenvalue weighted by molar-refractivity contribution is 9.10. The highest BCUT2D eigenvalue weighted by Gasteiger charge is 2.35. The number of nitrogens with two attached hydrogens (primary N) is 1. The monoisotopic (exact) mass is 1110 g/mol. The number of aliphatic hydroxyl groups excluding tert-OH is 1. The molecule has 2 aromatic heterocycles. The number of H-pyrrole nitrogens is 1. The smallest absolute Gasteiger partial charge is 0.336 e. The number of nitrogens with one attached hydrogen (secondary N) is 2. The van der Waals surface area contributed by atoms with Crippen LogP contribution in [0.4, 0.5) is 0 Å². The summed E-state index contributed by atoms with van der Waals surface area (Å²) in [5.74, 6) is 0.113. The van der Waals surface area contributed by atoms with Gasteiger partial charge < -0.3 is 31.1 Å². The van der Waals surface area contributed by atoms with Crippen LogP contribution >= 0.6 is 54.9 Å². The molecule has 19 heteroatoms. The summed E-state index contributed by atoms with van der Waals surface area (Å²) in [5, 5.41) is 20.5. The summed E-state index contributed by atoms with van der Waals surface area (Å²) in [7, 11) is 1.00. The minimum Gasteiger partial charge on any atom is -0.478 e. The van der Waals surface area contributed by atoms with Crippen molar-refractivity contribution in [2.75, 3.05) is 59.5 Å². The number of nitrogens with zero attached hydrogens (tertiary/aromatic N) is 4. The number of piperazine rings is 2. The number of carboxylic acids is 1. The zero-order chi connectivity index (χ0) is 50.4. The molecule has 0 bridgehead atoms. The quantitative estimate of drug-likeness (QED) is 0.111. The third-order valence-electron chi connectivity index (χ3n) is 11.5. The van der Waals surface area contributed by atoms with Crippen molar-refractivity contribution < 1.29 is 29.4 Å². The van der Waals surface area contributed by atoms with Crippen molar-refractivity contribution in [1.29, 1.82) is 0 Å². The molecule has 0 radical (unpaired) electrons. The number of aromatic carboxylic acids is 1. The van der Waals surface area contributed by atoms with E-state index in [-0.39, 0.29) is 11.1 Å². The highest BCUT2D eigenvalue weighted by Crippen LogP contribution is 2.32. The molecule has 4 heterocycles. The van der Waals surface area contributed by atoms with Crippen LogP contribution in [0, 0.1) is 39.5 Å². The number of carbonyl (C=O) groups excluding carboxylic acids is 3. The molecule has 6 aromatic rings. The Hall–Kier alpha value is -5.02. The largest absolute Gasteiger partial charge is 0.478 e. The van der Waals surface area contributed by atoms with Crippen LogP contribution in [0.15, 0.2) is 91.3 Å².